The molecule has 8 rings (SSSR count). The number of rotatable bonds is 56. The zero-order valence-electron chi connectivity index (χ0n) is 76.7. The Bertz CT molecular complexity index is 3230. The van der Waals surface area contributed by atoms with Crippen molar-refractivity contribution in [3.8, 4) is 0 Å². The molecule has 8 heterocycles. The Morgan fingerprint density at radius 2 is 0.644 bits per heavy atom. The molecule has 132 heavy (non-hydrogen) atoms. The smallest absolute Gasteiger partial charge is 0.220 e. The Morgan fingerprint density at radius 1 is 0.311 bits per heavy atom. The third-order valence-electron chi connectivity index (χ3n) is 25.9. The van der Waals surface area contributed by atoms with Crippen molar-refractivity contribution in [3.63, 3.8) is 0 Å². The minimum atomic E-state index is -2.31. The van der Waals surface area contributed by atoms with E-state index in [0.717, 1.165) is 71.6 Å². The number of aliphatic hydroxyl groups excluding tert-OH is 22. The summed E-state index contributed by atoms with van der Waals surface area (Å²) in [6.07, 6.45) is -43.5. The maximum Gasteiger partial charge on any atom is 0.220 e. The molecule has 42 atom stereocenters. The first-order chi connectivity index (χ1) is 63.2. The van der Waals surface area contributed by atoms with Gasteiger partial charge in [0.15, 0.2) is 50.3 Å². The summed E-state index contributed by atoms with van der Waals surface area (Å²) in [6.45, 7) is 1.80. The maximum absolute atomic E-state index is 13.6. The van der Waals surface area contributed by atoms with Gasteiger partial charge in [-0.3, -0.25) is 14.4 Å². The summed E-state index contributed by atoms with van der Waals surface area (Å²) in [6, 6.07) is -5.06. The van der Waals surface area contributed by atoms with Crippen molar-refractivity contribution >= 4 is 17.7 Å². The lowest BCUT2D eigenvalue weighted by atomic mass is 9.93. The van der Waals surface area contributed by atoms with Crippen LogP contribution in [0.1, 0.15) is 221 Å². The highest BCUT2D eigenvalue weighted by Crippen LogP contribution is 2.41. The number of hydrogen-bond donors (Lipinski definition) is 25. The molecule has 0 aromatic carbocycles. The van der Waals surface area contributed by atoms with Crippen molar-refractivity contribution in [1.82, 2.24) is 16.0 Å². The van der Waals surface area contributed by atoms with Crippen LogP contribution in [0.4, 0.5) is 0 Å². The number of unbranched alkanes of at least 4 members (excludes halogenated alkanes) is 25. The van der Waals surface area contributed by atoms with Crippen molar-refractivity contribution in [1.29, 1.82) is 0 Å². The Morgan fingerprint density at radius 3 is 1.13 bits per heavy atom. The van der Waals surface area contributed by atoms with Gasteiger partial charge in [0.1, 0.15) is 183 Å². The van der Waals surface area contributed by atoms with Gasteiger partial charge in [-0.25, -0.2) is 0 Å². The number of amides is 3. The van der Waals surface area contributed by atoms with Crippen LogP contribution >= 0.6 is 0 Å². The van der Waals surface area contributed by atoms with E-state index >= 15 is 0 Å². The second-order valence-electron chi connectivity index (χ2n) is 36.2. The van der Waals surface area contributed by atoms with E-state index in [1.807, 2.05) is 6.08 Å². The fourth-order valence-electron chi connectivity index (χ4n) is 17.9. The van der Waals surface area contributed by atoms with Crippen LogP contribution in [0.15, 0.2) is 12.2 Å². The van der Waals surface area contributed by atoms with E-state index in [4.69, 9.17) is 75.8 Å². The van der Waals surface area contributed by atoms with Gasteiger partial charge in [0.05, 0.1) is 70.6 Å². The molecule has 8 aliphatic rings. The number of ether oxygens (including phenoxy) is 16. The van der Waals surface area contributed by atoms with E-state index in [-0.39, 0.29) is 12.3 Å². The molecule has 3 amide bonds. The average Bonchev–Trinajstić information content (AvgIpc) is 0.749. The van der Waals surface area contributed by atoms with Gasteiger partial charge in [0.2, 0.25) is 17.7 Å². The topological polar surface area (TPSA) is 680 Å². The van der Waals surface area contributed by atoms with Gasteiger partial charge in [0, 0.05) is 20.3 Å². The lowest BCUT2D eigenvalue weighted by Gasteiger charge is -2.52. The normalized spacial score (nSPS) is 40.4. The standard InChI is InChI=1S/C88H157N3O41/c1-7-9-11-13-15-17-19-21-22-24-26-28-30-32-34-36-56(101)91-48(49(100)35-33-31-29-27-25-23-20-18-16-14-12-10-8-2)43-117-83-72(115)69(112)75(55(42-97)125-83)126-86-73(116)77(63(106)52(39-94)121-86)129-81-57(89-46(5)98)65(108)74(54(41-96)124-81)127-88-80(132-85-71(114)67(110)60(103)45(4)119-85)78(64(107)53(40-95)123-88)130-82-58(90-47(6)99)76(62(105)51(38-93)120-82)128-87-79(68(111)61(104)50(37-92)122-87)131-84-70(113)66(109)59(102)44(3)118-84/h33,35,44-45,48-55,57-88,92-97,100,102-116H,7-32,34,36-43H2,1-6H3,(H,89,98)(H,90,99)(H,91,101)/b35-33+/t44?,45?,48-,49+,50?,51?,52?,53?,54?,55?,57?,58?,59+,60+,61-,62-,63-,64-,65+,66?,67?,68-,69+,70-,71-,72?,73?,74+,75+,76+,77-,78-,79?,80?,81-,82+,83+,84+,85+,86-,87-,88-/m0/s1. The molecule has 770 valence electrons. The predicted octanol–water partition coefficient (Wildman–Crippen LogP) is -4.72. The number of allylic oxidation sites excluding steroid dienone is 1. The first-order valence-electron chi connectivity index (χ1n) is 47.7. The summed E-state index contributed by atoms with van der Waals surface area (Å²) in [4.78, 5) is 40.4. The highest BCUT2D eigenvalue weighted by atomic mass is 16.8. The first kappa shape index (κ1) is 114. The third kappa shape index (κ3) is 32.1. The van der Waals surface area contributed by atoms with Crippen molar-refractivity contribution in [2.75, 3.05) is 46.2 Å². The number of hydrogen-bond acceptors (Lipinski definition) is 41. The van der Waals surface area contributed by atoms with Gasteiger partial charge in [-0.05, 0) is 33.1 Å². The highest BCUT2D eigenvalue weighted by Gasteiger charge is 2.61. The molecular formula is C88H157N3O41. The molecule has 0 aromatic rings. The highest BCUT2D eigenvalue weighted by molar-refractivity contribution is 5.76. The van der Waals surface area contributed by atoms with Crippen molar-refractivity contribution < 1.29 is 203 Å². The Labute approximate surface area is 770 Å². The second kappa shape index (κ2) is 58.1. The summed E-state index contributed by atoms with van der Waals surface area (Å²) in [5.74, 6) is -2.27. The largest absolute Gasteiger partial charge is 0.394 e. The van der Waals surface area contributed by atoms with Crippen molar-refractivity contribution in [2.24, 2.45) is 0 Å². The Kier molecular flexibility index (Phi) is 50.2. The molecule has 0 aliphatic carbocycles. The molecule has 44 heteroatoms. The van der Waals surface area contributed by atoms with Crippen LogP contribution in [0.25, 0.3) is 0 Å². The van der Waals surface area contributed by atoms with Crippen LogP contribution in [0.5, 0.6) is 0 Å². The van der Waals surface area contributed by atoms with Crippen LogP contribution in [-0.2, 0) is 90.2 Å². The van der Waals surface area contributed by atoms with E-state index in [2.05, 4.69) is 29.8 Å². The predicted molar refractivity (Wildman–Crippen MR) is 456 cm³/mol. The van der Waals surface area contributed by atoms with E-state index in [1.165, 1.54) is 117 Å². The first-order valence-corrected chi connectivity index (χ1v) is 47.7. The molecule has 0 radical (unpaired) electrons. The summed E-state index contributed by atoms with van der Waals surface area (Å²) < 4.78 is 97.2. The molecule has 8 saturated heterocycles. The zero-order valence-corrected chi connectivity index (χ0v) is 76.7. The summed E-state index contributed by atoms with van der Waals surface area (Å²) in [7, 11) is 0. The van der Waals surface area contributed by atoms with Gasteiger partial charge in [-0.15, -0.1) is 0 Å². The Balaban J connectivity index is 0.982. The quantitative estimate of drug-likeness (QED) is 0.0201. The minimum absolute atomic E-state index is 0.148. The van der Waals surface area contributed by atoms with E-state index in [1.54, 1.807) is 6.08 Å². The monoisotopic (exact) mass is 1910 g/mol. The molecular weight excluding hydrogens is 1750 g/mol. The van der Waals surface area contributed by atoms with E-state index < -0.39 is 316 Å². The summed E-state index contributed by atoms with van der Waals surface area (Å²) in [5.41, 5.74) is 0. The third-order valence-corrected chi connectivity index (χ3v) is 25.9. The van der Waals surface area contributed by atoms with Crippen LogP contribution in [0.3, 0.4) is 0 Å². The van der Waals surface area contributed by atoms with Gasteiger partial charge in [0.25, 0.3) is 0 Å². The molecule has 0 spiro atoms. The van der Waals surface area contributed by atoms with Gasteiger partial charge >= 0.3 is 0 Å². The fraction of sp³-hybridized carbons (Fsp3) is 0.943. The molecule has 8 aliphatic heterocycles. The summed E-state index contributed by atoms with van der Waals surface area (Å²) in [5, 5.41) is 257. The lowest BCUT2D eigenvalue weighted by Crippen LogP contribution is -2.71. The zero-order chi connectivity index (χ0) is 96.6. The number of nitrogens with one attached hydrogen (secondary N) is 3. The van der Waals surface area contributed by atoms with Crippen LogP contribution in [0.2, 0.25) is 0 Å². The SMILES string of the molecule is CCCCCCCCCCCCC/C=C/[C@@H](O)[C@H](CO[C@@H]1OC(CO)[C@@H](O[C@@H]2OC(CO)[C@H](O)[C@H](O[C@@H]3OC(CO)[C@@H](O[C@@H]4OC(CO)[C@H](O)[C@H](O[C@H]5OC(CO)[C@H](O)[C@H](O[C@@H]6OC(CO)[C@H](O)[C@H](O)C6O[C@H]6OC(C)[C@@H](O)C(O)[C@@H]6O)C5NC(C)=O)C4O[C@H]4OC(C)[C@@H](O)C(O)[C@@H]4O)[C@H](O)C3NC(C)=O)C2O)[C@H](O)C1O)NC(=O)CCCCCCCCCCCCCCCCC. The second-order valence-corrected chi connectivity index (χ2v) is 36.2. The average molecular weight is 1910 g/mol. The maximum atomic E-state index is 13.6. The minimum Gasteiger partial charge on any atom is -0.394 e. The Hall–Kier alpha value is -3.37. The number of carbonyl (C=O) groups excluding carboxylic acids is 3. The van der Waals surface area contributed by atoms with E-state index in [0.29, 0.717) is 12.8 Å². The lowest BCUT2D eigenvalue weighted by molar-refractivity contribution is -0.406. The van der Waals surface area contributed by atoms with Crippen LogP contribution in [-0.4, -0.2) is 434 Å². The number of aliphatic hydroxyl groups is 22. The van der Waals surface area contributed by atoms with Crippen molar-refractivity contribution in [2.45, 2.75) is 479 Å². The molecule has 44 nitrogen and oxygen atoms in total. The van der Waals surface area contributed by atoms with Gasteiger partial charge < -0.3 is 204 Å². The van der Waals surface area contributed by atoms with Crippen LogP contribution in [0, 0.1) is 0 Å². The van der Waals surface area contributed by atoms with E-state index in [9.17, 15) is 127 Å². The van der Waals surface area contributed by atoms with Gasteiger partial charge in [-0.1, -0.05) is 180 Å². The molecule has 25 N–H and O–H groups in total. The molecule has 16 unspecified atom stereocenters. The molecule has 0 bridgehead atoms. The summed E-state index contributed by atoms with van der Waals surface area (Å²) >= 11 is 0. The molecule has 0 saturated carbocycles. The molecule has 8 fully saturated rings. The number of carbonyl (C=O) groups is 3. The van der Waals surface area contributed by atoms with Crippen LogP contribution < -0.4 is 16.0 Å². The molecule has 0 aromatic heterocycles. The fourth-order valence-corrected chi connectivity index (χ4v) is 17.9. The van der Waals surface area contributed by atoms with Gasteiger partial charge in [-0.2, -0.15) is 0 Å². The van der Waals surface area contributed by atoms with Crippen molar-refractivity contribution in [3.05, 3.63) is 12.2 Å².